The first-order valence-electron chi connectivity index (χ1n) is 13.4. The fraction of sp³-hybridized carbons (Fsp3) is 0.333. The predicted octanol–water partition coefficient (Wildman–Crippen LogP) is 4.26. The van der Waals surface area contributed by atoms with Gasteiger partial charge in [-0.1, -0.05) is 35.9 Å². The molecule has 3 rings (SSSR count). The van der Waals surface area contributed by atoms with Crippen molar-refractivity contribution in [3.8, 4) is 11.1 Å². The first-order chi connectivity index (χ1) is 19.9. The number of nitrogens with zero attached hydrogens (tertiary/aromatic N) is 2. The Morgan fingerprint density at radius 3 is 2.45 bits per heavy atom. The molecule has 224 valence electrons. The topological polar surface area (TPSA) is 146 Å². The van der Waals surface area contributed by atoms with Crippen molar-refractivity contribution in [3.63, 3.8) is 0 Å². The van der Waals surface area contributed by atoms with E-state index < -0.39 is 34.5 Å². The number of aliphatic carboxylic acids is 1. The Morgan fingerprint density at radius 1 is 1.02 bits per heavy atom. The van der Waals surface area contributed by atoms with Crippen LogP contribution < -0.4 is 10.6 Å². The van der Waals surface area contributed by atoms with Gasteiger partial charge in [0.05, 0.1) is 4.90 Å². The molecule has 0 aliphatic heterocycles. The van der Waals surface area contributed by atoms with Gasteiger partial charge in [-0.05, 0) is 79.3 Å². The maximum absolute atomic E-state index is 14.0. The normalized spacial score (nSPS) is 12.1. The van der Waals surface area contributed by atoms with Crippen LogP contribution >= 0.6 is 11.6 Å². The van der Waals surface area contributed by atoms with Crippen LogP contribution in [0.4, 0.5) is 0 Å². The minimum atomic E-state index is -4.02. The fourth-order valence-corrected chi connectivity index (χ4v) is 6.65. The van der Waals surface area contributed by atoms with Gasteiger partial charge in [-0.15, -0.1) is 0 Å². The van der Waals surface area contributed by atoms with E-state index in [4.69, 9.17) is 16.7 Å². The Morgan fingerprint density at radius 2 is 1.74 bits per heavy atom. The molecule has 1 heterocycles. The Kier molecular flexibility index (Phi) is 11.6. The molecule has 0 radical (unpaired) electrons. The molecular weight excluding hydrogens is 580 g/mol. The number of rotatable bonds is 14. The number of aryl methyl sites for hydroxylation is 1. The molecule has 2 aromatic carbocycles. The van der Waals surface area contributed by atoms with E-state index in [0.717, 1.165) is 22.3 Å². The van der Waals surface area contributed by atoms with E-state index in [1.54, 1.807) is 31.5 Å². The number of pyridine rings is 1. The summed E-state index contributed by atoms with van der Waals surface area (Å²) in [7, 11) is -4.02. The van der Waals surface area contributed by atoms with Gasteiger partial charge in [0.1, 0.15) is 6.54 Å². The molecule has 1 aromatic heterocycles. The van der Waals surface area contributed by atoms with E-state index >= 15 is 0 Å². The number of carbonyl (C=O) groups excluding carboxylic acids is 2. The predicted molar refractivity (Wildman–Crippen MR) is 160 cm³/mol. The second-order valence-electron chi connectivity index (χ2n) is 9.84. The van der Waals surface area contributed by atoms with E-state index in [9.17, 15) is 22.8 Å². The Hall–Kier alpha value is -3.80. The molecule has 0 aliphatic rings. The van der Waals surface area contributed by atoms with Gasteiger partial charge in [0.25, 0.3) is 0 Å². The van der Waals surface area contributed by atoms with E-state index in [1.165, 1.54) is 10.4 Å². The third kappa shape index (κ3) is 8.60. The van der Waals surface area contributed by atoms with Gasteiger partial charge in [-0.25, -0.2) is 8.42 Å². The third-order valence-corrected chi connectivity index (χ3v) is 9.35. The maximum Gasteiger partial charge on any atom is 0.322 e. The second kappa shape index (κ2) is 14.9. The van der Waals surface area contributed by atoms with Crippen LogP contribution in [0.5, 0.6) is 0 Å². The molecule has 1 atom stereocenters. The molecule has 0 spiro atoms. The molecule has 3 aromatic rings. The van der Waals surface area contributed by atoms with Crippen LogP contribution in [0, 0.1) is 13.8 Å². The Bertz CT molecular complexity index is 1550. The second-order valence-corrected chi connectivity index (χ2v) is 12.1. The molecule has 0 bridgehead atoms. The summed E-state index contributed by atoms with van der Waals surface area (Å²) in [6.07, 6.45) is 3.67. The quantitative estimate of drug-likeness (QED) is 0.246. The lowest BCUT2D eigenvalue weighted by molar-refractivity contribution is -0.138. The van der Waals surface area contributed by atoms with Crippen molar-refractivity contribution in [2.45, 2.75) is 51.0 Å². The number of carbonyl (C=O) groups is 3. The summed E-state index contributed by atoms with van der Waals surface area (Å²) >= 11 is 6.28. The highest BCUT2D eigenvalue weighted by molar-refractivity contribution is 7.89. The van der Waals surface area contributed by atoms with Crippen LogP contribution in [0.1, 0.15) is 48.9 Å². The number of benzene rings is 2. The number of sulfonamides is 1. The molecule has 0 aliphatic carbocycles. The van der Waals surface area contributed by atoms with Crippen LogP contribution in [0.15, 0.2) is 65.8 Å². The van der Waals surface area contributed by atoms with Crippen LogP contribution in [-0.4, -0.2) is 60.2 Å². The zero-order valence-electron chi connectivity index (χ0n) is 23.8. The molecule has 42 heavy (non-hydrogen) atoms. The first-order valence-corrected chi connectivity index (χ1v) is 15.3. The zero-order valence-corrected chi connectivity index (χ0v) is 25.3. The molecule has 0 saturated heterocycles. The summed E-state index contributed by atoms with van der Waals surface area (Å²) in [5.74, 6) is -2.00. The van der Waals surface area contributed by atoms with Gasteiger partial charge >= 0.3 is 5.97 Å². The smallest absolute Gasteiger partial charge is 0.322 e. The molecule has 10 nitrogen and oxygen atoms in total. The Balaban J connectivity index is 1.79. The standard InChI is InChI=1S/C30H35ClN4O6S/c1-20-18-32-14-12-25(20)24-8-4-7-23(17-24)22(3)35(42(40,41)27-10-5-9-26(31)21(27)2)16-6-11-28(36)33-15-13-29(37)34-19-30(38)39/h4-5,7-10,12,14,17-18,22H,6,11,13,15-16,19H2,1-3H3,(H,33,36)(H,34,37)(H,38,39). The van der Waals surface area contributed by atoms with Gasteiger partial charge < -0.3 is 15.7 Å². The van der Waals surface area contributed by atoms with Crippen molar-refractivity contribution in [1.82, 2.24) is 19.9 Å². The zero-order chi connectivity index (χ0) is 30.9. The van der Waals surface area contributed by atoms with Crippen LogP contribution in [0.3, 0.4) is 0 Å². The third-order valence-electron chi connectivity index (χ3n) is 6.83. The van der Waals surface area contributed by atoms with Crippen molar-refractivity contribution in [2.24, 2.45) is 0 Å². The lowest BCUT2D eigenvalue weighted by Gasteiger charge is -2.30. The minimum Gasteiger partial charge on any atom is -0.480 e. The average molecular weight is 615 g/mol. The van der Waals surface area contributed by atoms with Crippen molar-refractivity contribution in [3.05, 3.63) is 82.6 Å². The Labute approximate surface area is 251 Å². The maximum atomic E-state index is 14.0. The number of nitrogens with one attached hydrogen (secondary N) is 2. The summed E-state index contributed by atoms with van der Waals surface area (Å²) in [5.41, 5.74) is 4.14. The molecule has 1 unspecified atom stereocenters. The van der Waals surface area contributed by atoms with Crippen LogP contribution in [-0.2, 0) is 24.4 Å². The van der Waals surface area contributed by atoms with Crippen molar-refractivity contribution >= 4 is 39.4 Å². The lowest BCUT2D eigenvalue weighted by atomic mass is 9.98. The molecule has 2 amide bonds. The number of amides is 2. The number of hydrogen-bond donors (Lipinski definition) is 3. The highest BCUT2D eigenvalue weighted by Crippen LogP contribution is 2.33. The van der Waals surface area contributed by atoms with Gasteiger partial charge in [0.15, 0.2) is 0 Å². The van der Waals surface area contributed by atoms with Gasteiger partial charge in [0.2, 0.25) is 21.8 Å². The average Bonchev–Trinajstić information content (AvgIpc) is 2.95. The number of halogens is 1. The molecule has 3 N–H and O–H groups in total. The van der Waals surface area contributed by atoms with E-state index in [0.29, 0.717) is 10.6 Å². The van der Waals surface area contributed by atoms with Gasteiger partial charge in [-0.3, -0.25) is 19.4 Å². The highest BCUT2D eigenvalue weighted by atomic mass is 35.5. The van der Waals surface area contributed by atoms with Crippen molar-refractivity contribution < 1.29 is 27.9 Å². The SMILES string of the molecule is Cc1cnccc1-c1cccc(C(C)N(CCCC(=O)NCCC(=O)NCC(=O)O)S(=O)(=O)c2cccc(Cl)c2C)c1. The van der Waals surface area contributed by atoms with E-state index in [1.807, 2.05) is 44.2 Å². The molecule has 0 saturated carbocycles. The van der Waals surface area contributed by atoms with E-state index in [-0.39, 0.29) is 43.2 Å². The van der Waals surface area contributed by atoms with Crippen molar-refractivity contribution in [1.29, 1.82) is 0 Å². The highest BCUT2D eigenvalue weighted by Gasteiger charge is 2.31. The summed E-state index contributed by atoms with van der Waals surface area (Å²) in [6, 6.07) is 13.8. The summed E-state index contributed by atoms with van der Waals surface area (Å²) in [6.45, 7) is 5.03. The van der Waals surface area contributed by atoms with Gasteiger partial charge in [-0.2, -0.15) is 4.31 Å². The first kappa shape index (κ1) is 32.7. The fourth-order valence-electron chi connectivity index (χ4n) is 4.51. The monoisotopic (exact) mass is 614 g/mol. The molecule has 0 fully saturated rings. The number of carboxylic acids is 1. The molecule has 12 heteroatoms. The minimum absolute atomic E-state index is 0.0280. The number of aromatic nitrogens is 1. The van der Waals surface area contributed by atoms with Crippen LogP contribution in [0.25, 0.3) is 11.1 Å². The van der Waals surface area contributed by atoms with Gasteiger partial charge in [0, 0.05) is 49.4 Å². The summed E-state index contributed by atoms with van der Waals surface area (Å²) in [5, 5.41) is 13.8. The number of carboxylic acid groups (broad SMARTS) is 1. The van der Waals surface area contributed by atoms with Crippen LogP contribution in [0.2, 0.25) is 5.02 Å². The molecular formula is C30H35ClN4O6S. The lowest BCUT2D eigenvalue weighted by Crippen LogP contribution is -2.36. The summed E-state index contributed by atoms with van der Waals surface area (Å²) < 4.78 is 29.5. The number of hydrogen-bond acceptors (Lipinski definition) is 6. The largest absolute Gasteiger partial charge is 0.480 e. The van der Waals surface area contributed by atoms with E-state index in [2.05, 4.69) is 15.6 Å². The summed E-state index contributed by atoms with van der Waals surface area (Å²) in [4.78, 5) is 38.9. The van der Waals surface area contributed by atoms with Crippen molar-refractivity contribution in [2.75, 3.05) is 19.6 Å².